The van der Waals surface area contributed by atoms with E-state index in [4.69, 9.17) is 0 Å². The summed E-state index contributed by atoms with van der Waals surface area (Å²) in [7, 11) is -4.43. The Hall–Kier alpha value is -3.03. The minimum Gasteiger partial charge on any atom is -0.300 e. The van der Waals surface area contributed by atoms with Crippen LogP contribution in [0.15, 0.2) is 48.7 Å². The Kier molecular flexibility index (Phi) is 4.94. The van der Waals surface area contributed by atoms with E-state index in [2.05, 4.69) is 30.8 Å². The third kappa shape index (κ3) is 3.54. The molecule has 3 N–H and O–H groups in total. The highest BCUT2D eigenvalue weighted by Gasteiger charge is 2.14. The lowest BCUT2D eigenvalue weighted by Crippen LogP contribution is -2.33. The standard InChI is InChI=1S/C22H23N3O3S/c1-3-15-7-5-9-18-13-17-11-12-25(29(26,27)28)20(17)14-19-10-6-8-16(4-2)22(19)24-23-21(15)18/h5-14,23-24H,3-4H2,1-2H3,(H,26,27,28). The van der Waals surface area contributed by atoms with Crippen molar-refractivity contribution in [2.45, 2.75) is 26.7 Å². The van der Waals surface area contributed by atoms with Crippen molar-refractivity contribution in [1.29, 1.82) is 0 Å². The van der Waals surface area contributed by atoms with Gasteiger partial charge in [-0.3, -0.25) is 15.4 Å². The van der Waals surface area contributed by atoms with E-state index in [1.165, 1.54) is 6.20 Å². The molecular weight excluding hydrogens is 386 g/mol. The summed E-state index contributed by atoms with van der Waals surface area (Å²) >= 11 is 0. The van der Waals surface area contributed by atoms with Gasteiger partial charge in [0.15, 0.2) is 0 Å². The number of aryl methyl sites for hydroxylation is 2. The molecule has 0 unspecified atom stereocenters. The normalized spacial score (nSPS) is 12.9. The molecule has 0 spiro atoms. The number of benzene rings is 2. The van der Waals surface area contributed by atoms with Gasteiger partial charge in [-0.1, -0.05) is 50.2 Å². The number of hydrogen-bond acceptors (Lipinski definition) is 4. The molecule has 2 aromatic carbocycles. The smallest absolute Gasteiger partial charge is 0.300 e. The van der Waals surface area contributed by atoms with Crippen LogP contribution in [0.5, 0.6) is 0 Å². The topological polar surface area (TPSA) is 83.4 Å². The molecule has 0 amide bonds. The average Bonchev–Trinajstić information content (AvgIpc) is 3.10. The first-order valence-electron chi connectivity index (χ1n) is 9.57. The Labute approximate surface area is 170 Å². The van der Waals surface area contributed by atoms with Crippen LogP contribution in [0.25, 0.3) is 12.2 Å². The first kappa shape index (κ1) is 19.3. The molecule has 0 radical (unpaired) electrons. The van der Waals surface area contributed by atoms with Crippen LogP contribution >= 0.6 is 0 Å². The highest BCUT2D eigenvalue weighted by molar-refractivity contribution is 7.84. The van der Waals surface area contributed by atoms with Crippen LogP contribution in [0.2, 0.25) is 0 Å². The summed E-state index contributed by atoms with van der Waals surface area (Å²) in [5.74, 6) is 0. The average molecular weight is 410 g/mol. The van der Waals surface area contributed by atoms with Crippen molar-refractivity contribution < 1.29 is 13.0 Å². The molecular formula is C22H23N3O3S. The molecule has 1 aliphatic heterocycles. The van der Waals surface area contributed by atoms with Crippen LogP contribution in [0.1, 0.15) is 36.1 Å². The summed E-state index contributed by atoms with van der Waals surface area (Å²) in [6.45, 7) is 4.16. The fourth-order valence-electron chi connectivity index (χ4n) is 3.73. The molecule has 4 rings (SSSR count). The fourth-order valence-corrected chi connectivity index (χ4v) is 4.35. The van der Waals surface area contributed by atoms with Gasteiger partial charge in [0.25, 0.3) is 0 Å². The number of nitrogens with zero attached hydrogens (tertiary/aromatic N) is 1. The van der Waals surface area contributed by atoms with Gasteiger partial charge in [0.1, 0.15) is 0 Å². The van der Waals surface area contributed by atoms with Crippen molar-refractivity contribution >= 4 is 33.8 Å². The predicted molar refractivity (Wildman–Crippen MR) is 117 cm³/mol. The van der Waals surface area contributed by atoms with Gasteiger partial charge in [0.2, 0.25) is 0 Å². The first-order chi connectivity index (χ1) is 13.9. The minimum absolute atomic E-state index is 0.401. The van der Waals surface area contributed by atoms with Crippen molar-refractivity contribution in [2.24, 2.45) is 0 Å². The molecule has 1 aliphatic rings. The van der Waals surface area contributed by atoms with Gasteiger partial charge in [-0.15, -0.1) is 0 Å². The number of aromatic nitrogens is 1. The van der Waals surface area contributed by atoms with Gasteiger partial charge in [-0.05, 0) is 42.2 Å². The largest absolute Gasteiger partial charge is 0.363 e. The first-order valence-corrected chi connectivity index (χ1v) is 11.0. The van der Waals surface area contributed by atoms with Crippen molar-refractivity contribution in [1.82, 2.24) is 3.97 Å². The maximum Gasteiger partial charge on any atom is 0.363 e. The Balaban J connectivity index is 2.14. The van der Waals surface area contributed by atoms with Crippen LogP contribution in [0, 0.1) is 0 Å². The van der Waals surface area contributed by atoms with Gasteiger partial charge in [0.05, 0.1) is 16.7 Å². The van der Waals surface area contributed by atoms with Crippen LogP contribution < -0.4 is 21.4 Å². The summed E-state index contributed by atoms with van der Waals surface area (Å²) in [6, 6.07) is 13.6. The number of anilines is 2. The Bertz CT molecular complexity index is 1310. The summed E-state index contributed by atoms with van der Waals surface area (Å²) in [5, 5.41) is 1.10. The zero-order valence-electron chi connectivity index (χ0n) is 16.3. The quantitative estimate of drug-likeness (QED) is 0.580. The number of hydrazine groups is 1. The Morgan fingerprint density at radius 2 is 1.41 bits per heavy atom. The van der Waals surface area contributed by atoms with E-state index in [1.54, 1.807) is 12.1 Å². The molecule has 2 heterocycles. The molecule has 150 valence electrons. The van der Waals surface area contributed by atoms with E-state index >= 15 is 0 Å². The minimum atomic E-state index is -4.43. The molecule has 1 aromatic heterocycles. The number of fused-ring (bicyclic) bond motifs is 3. The van der Waals surface area contributed by atoms with Gasteiger partial charge in [-0.2, -0.15) is 8.42 Å². The highest BCUT2D eigenvalue weighted by atomic mass is 32.2. The van der Waals surface area contributed by atoms with E-state index in [0.717, 1.165) is 50.4 Å². The molecule has 29 heavy (non-hydrogen) atoms. The summed E-state index contributed by atoms with van der Waals surface area (Å²) < 4.78 is 34.5. The van der Waals surface area contributed by atoms with E-state index in [9.17, 15) is 13.0 Å². The van der Waals surface area contributed by atoms with Crippen LogP contribution in [-0.4, -0.2) is 16.9 Å². The predicted octanol–water partition coefficient (Wildman–Crippen LogP) is 2.67. The van der Waals surface area contributed by atoms with Crippen LogP contribution in [0.3, 0.4) is 0 Å². The summed E-state index contributed by atoms with van der Waals surface area (Å²) in [5.41, 5.74) is 12.5. The zero-order chi connectivity index (χ0) is 20.6. The SMILES string of the molecule is CCc1cccc2c1NNc1c(cccc1CC)C=c1c(ccn1S(=O)(=O)O)=C2. The molecule has 0 saturated carbocycles. The molecule has 0 fully saturated rings. The monoisotopic (exact) mass is 409 g/mol. The second-order valence-corrected chi connectivity index (χ2v) is 8.23. The number of rotatable bonds is 3. The van der Waals surface area contributed by atoms with Gasteiger partial charge in [0, 0.05) is 22.5 Å². The number of nitrogens with one attached hydrogen (secondary N) is 2. The highest BCUT2D eigenvalue weighted by Crippen LogP contribution is 2.27. The third-order valence-corrected chi connectivity index (χ3v) is 6.03. The van der Waals surface area contributed by atoms with E-state index in [-0.39, 0.29) is 0 Å². The zero-order valence-corrected chi connectivity index (χ0v) is 17.1. The van der Waals surface area contributed by atoms with Crippen molar-refractivity contribution in [2.75, 3.05) is 10.9 Å². The molecule has 0 atom stereocenters. The van der Waals surface area contributed by atoms with Crippen LogP contribution in [-0.2, 0) is 23.1 Å². The van der Waals surface area contributed by atoms with Crippen molar-refractivity contribution in [3.8, 4) is 0 Å². The van der Waals surface area contributed by atoms with Crippen molar-refractivity contribution in [3.63, 3.8) is 0 Å². The number of para-hydroxylation sites is 2. The van der Waals surface area contributed by atoms with E-state index < -0.39 is 10.3 Å². The van der Waals surface area contributed by atoms with Crippen molar-refractivity contribution in [3.05, 3.63) is 81.5 Å². The third-order valence-electron chi connectivity index (χ3n) is 5.21. The molecule has 6 nitrogen and oxygen atoms in total. The second kappa shape index (κ2) is 7.42. The van der Waals surface area contributed by atoms with Gasteiger partial charge >= 0.3 is 10.3 Å². The Morgan fingerprint density at radius 3 is 1.93 bits per heavy atom. The second-order valence-electron chi connectivity index (χ2n) is 6.94. The maximum absolute atomic E-state index is 12.0. The molecule has 7 heteroatoms. The fraction of sp³-hybridized carbons (Fsp3) is 0.182. The van der Waals surface area contributed by atoms with Crippen LogP contribution in [0.4, 0.5) is 11.4 Å². The van der Waals surface area contributed by atoms with Gasteiger partial charge in [-0.25, -0.2) is 3.97 Å². The summed E-state index contributed by atoms with van der Waals surface area (Å²) in [6.07, 6.45) is 6.73. The lowest BCUT2D eigenvalue weighted by atomic mass is 10.0. The summed E-state index contributed by atoms with van der Waals surface area (Å²) in [4.78, 5) is 0. The van der Waals surface area contributed by atoms with E-state index in [0.29, 0.717) is 10.6 Å². The van der Waals surface area contributed by atoms with Gasteiger partial charge < -0.3 is 0 Å². The molecule has 0 bridgehead atoms. The molecule has 3 aromatic rings. The maximum atomic E-state index is 12.0. The Morgan fingerprint density at radius 1 is 0.862 bits per heavy atom. The lowest BCUT2D eigenvalue weighted by molar-refractivity contribution is 0.471. The number of hydrogen-bond donors (Lipinski definition) is 3. The molecule has 0 saturated heterocycles. The van der Waals surface area contributed by atoms with E-state index in [1.807, 2.05) is 36.4 Å². The molecule has 0 aliphatic carbocycles. The lowest BCUT2D eigenvalue weighted by Gasteiger charge is -2.20.